The van der Waals surface area contributed by atoms with Crippen LogP contribution in [-0.4, -0.2) is 40.6 Å². The van der Waals surface area contributed by atoms with Crippen molar-refractivity contribution < 1.29 is 23.9 Å². The summed E-state index contributed by atoms with van der Waals surface area (Å²) in [4.78, 5) is 53.9. The van der Waals surface area contributed by atoms with E-state index < -0.39 is 23.6 Å². The summed E-state index contributed by atoms with van der Waals surface area (Å²) in [5, 5.41) is 0. The summed E-state index contributed by atoms with van der Waals surface area (Å²) in [5.74, 6) is -1.67. The molecule has 4 rings (SSSR count). The molecule has 0 atom stereocenters. The third kappa shape index (κ3) is 4.00. The van der Waals surface area contributed by atoms with Gasteiger partial charge in [0.15, 0.2) is 0 Å². The second kappa shape index (κ2) is 8.67. The maximum atomic E-state index is 12.7. The van der Waals surface area contributed by atoms with Crippen LogP contribution in [0.4, 0.5) is 0 Å². The summed E-state index contributed by atoms with van der Waals surface area (Å²) in [7, 11) is 1.41. The number of carbonyl (C=O) groups excluding carboxylic acids is 4. The van der Waals surface area contributed by atoms with Crippen molar-refractivity contribution in [2.45, 2.75) is 6.54 Å². The highest BCUT2D eigenvalue weighted by atomic mass is 79.9. The topological polar surface area (TPSA) is 121 Å². The Hall–Kier alpha value is -3.92. The zero-order valence-corrected chi connectivity index (χ0v) is 18.4. The molecule has 9 nitrogen and oxygen atoms in total. The van der Waals surface area contributed by atoms with Crippen LogP contribution in [0, 0.1) is 0 Å². The molecule has 0 unspecified atom stereocenters. The van der Waals surface area contributed by atoms with Gasteiger partial charge in [0, 0.05) is 10.7 Å². The van der Waals surface area contributed by atoms with Gasteiger partial charge in [-0.2, -0.15) is 0 Å². The molecule has 0 spiro atoms. The number of aromatic nitrogens is 1. The maximum Gasteiger partial charge on any atom is 0.286 e. The SMILES string of the molecule is COc1ccc(CN2C(=O)c3ccccc3C2=O)cc1C(=O)NNC(=O)c1cc(Br)c[nH]1. The molecule has 3 N–H and O–H groups in total. The van der Waals surface area contributed by atoms with Crippen LogP contribution in [-0.2, 0) is 6.54 Å². The van der Waals surface area contributed by atoms with Gasteiger partial charge in [0.2, 0.25) is 0 Å². The van der Waals surface area contributed by atoms with Gasteiger partial charge in [-0.25, -0.2) is 0 Å². The lowest BCUT2D eigenvalue weighted by atomic mass is 10.1. The van der Waals surface area contributed by atoms with E-state index in [9.17, 15) is 19.2 Å². The van der Waals surface area contributed by atoms with Crippen LogP contribution < -0.4 is 15.6 Å². The van der Waals surface area contributed by atoms with E-state index in [2.05, 4.69) is 31.8 Å². The van der Waals surface area contributed by atoms with Crippen molar-refractivity contribution in [2.75, 3.05) is 7.11 Å². The monoisotopic (exact) mass is 496 g/mol. The van der Waals surface area contributed by atoms with Crippen LogP contribution in [0.2, 0.25) is 0 Å². The second-order valence-electron chi connectivity index (χ2n) is 6.92. The molecule has 4 amide bonds. The molecule has 1 aromatic heterocycles. The molecule has 0 saturated carbocycles. The first-order valence-electron chi connectivity index (χ1n) is 9.45. The zero-order chi connectivity index (χ0) is 22.8. The minimum Gasteiger partial charge on any atom is -0.496 e. The number of hydrogen-bond donors (Lipinski definition) is 3. The molecule has 0 saturated heterocycles. The summed E-state index contributed by atoms with van der Waals surface area (Å²) < 4.78 is 5.94. The van der Waals surface area contributed by atoms with Crippen molar-refractivity contribution in [1.29, 1.82) is 0 Å². The molecule has 3 aromatic rings. The number of aromatic amines is 1. The van der Waals surface area contributed by atoms with Gasteiger partial charge >= 0.3 is 0 Å². The number of benzene rings is 2. The summed E-state index contributed by atoms with van der Waals surface area (Å²) >= 11 is 3.23. The maximum absolute atomic E-state index is 12.7. The van der Waals surface area contributed by atoms with Gasteiger partial charge in [-0.05, 0) is 51.8 Å². The average molecular weight is 497 g/mol. The fraction of sp³-hybridized carbons (Fsp3) is 0.0909. The molecular weight excluding hydrogens is 480 g/mol. The molecule has 0 fully saturated rings. The summed E-state index contributed by atoms with van der Waals surface area (Å²) in [6.07, 6.45) is 1.59. The lowest BCUT2D eigenvalue weighted by Gasteiger charge is -2.16. The Morgan fingerprint density at radius 1 is 1.00 bits per heavy atom. The van der Waals surface area contributed by atoms with Crippen molar-refractivity contribution in [3.63, 3.8) is 0 Å². The number of methoxy groups -OCH3 is 1. The van der Waals surface area contributed by atoms with Gasteiger partial charge in [0.1, 0.15) is 11.4 Å². The molecule has 0 aliphatic carbocycles. The third-order valence-electron chi connectivity index (χ3n) is 4.91. The number of halogens is 1. The summed E-state index contributed by atoms with van der Waals surface area (Å²) in [5.41, 5.74) is 6.28. The highest BCUT2D eigenvalue weighted by molar-refractivity contribution is 9.10. The van der Waals surface area contributed by atoms with E-state index >= 15 is 0 Å². The van der Waals surface area contributed by atoms with Crippen molar-refractivity contribution in [2.24, 2.45) is 0 Å². The molecule has 32 heavy (non-hydrogen) atoms. The average Bonchev–Trinajstić information content (AvgIpc) is 3.34. The van der Waals surface area contributed by atoms with Crippen molar-refractivity contribution in [3.8, 4) is 5.75 Å². The standard InChI is InChI=1S/C22H17BrN4O5/c1-32-18-7-6-12(11-27-21(30)14-4-2-3-5-15(14)22(27)31)8-16(18)19(28)25-26-20(29)17-9-13(23)10-24-17/h2-10,24H,11H2,1H3,(H,25,28)(H,26,29). The van der Waals surface area contributed by atoms with Gasteiger partial charge in [-0.3, -0.25) is 34.9 Å². The predicted octanol–water partition coefficient (Wildman–Crippen LogP) is 2.66. The Kier molecular flexibility index (Phi) is 5.78. The fourth-order valence-corrected chi connectivity index (χ4v) is 3.69. The van der Waals surface area contributed by atoms with Gasteiger partial charge in [-0.1, -0.05) is 18.2 Å². The molecule has 2 aromatic carbocycles. The number of carbonyl (C=O) groups is 4. The highest BCUT2D eigenvalue weighted by Gasteiger charge is 2.35. The quantitative estimate of drug-likeness (QED) is 0.370. The Morgan fingerprint density at radius 3 is 2.25 bits per heavy atom. The minimum atomic E-state index is -0.620. The van der Waals surface area contributed by atoms with Crippen molar-refractivity contribution >= 4 is 39.6 Å². The Balaban J connectivity index is 1.50. The first kappa shape index (κ1) is 21.3. The van der Waals surface area contributed by atoms with Crippen LogP contribution in [0.1, 0.15) is 47.1 Å². The van der Waals surface area contributed by atoms with E-state index in [-0.39, 0.29) is 23.6 Å². The Bertz CT molecular complexity index is 1220. The molecule has 0 bridgehead atoms. The number of imide groups is 1. The van der Waals surface area contributed by atoms with E-state index in [1.54, 1.807) is 48.7 Å². The van der Waals surface area contributed by atoms with Crippen LogP contribution in [0.25, 0.3) is 0 Å². The molecular formula is C22H17BrN4O5. The number of ether oxygens (including phenoxy) is 1. The van der Waals surface area contributed by atoms with Crippen LogP contribution in [0.3, 0.4) is 0 Å². The van der Waals surface area contributed by atoms with Crippen LogP contribution >= 0.6 is 15.9 Å². The number of H-pyrrole nitrogens is 1. The largest absolute Gasteiger partial charge is 0.496 e. The fourth-order valence-electron chi connectivity index (χ4n) is 3.34. The first-order chi connectivity index (χ1) is 15.4. The smallest absolute Gasteiger partial charge is 0.286 e. The van der Waals surface area contributed by atoms with Gasteiger partial charge in [0.05, 0.1) is 30.3 Å². The lowest BCUT2D eigenvalue weighted by molar-refractivity contribution is 0.0642. The second-order valence-corrected chi connectivity index (χ2v) is 7.83. The first-order valence-corrected chi connectivity index (χ1v) is 10.2. The van der Waals surface area contributed by atoms with Crippen LogP contribution in [0.5, 0.6) is 5.75 Å². The number of amides is 4. The van der Waals surface area contributed by atoms with Crippen molar-refractivity contribution in [1.82, 2.24) is 20.7 Å². The van der Waals surface area contributed by atoms with Crippen molar-refractivity contribution in [3.05, 3.63) is 87.1 Å². The minimum absolute atomic E-state index is 0.0144. The van der Waals surface area contributed by atoms with Crippen LogP contribution in [0.15, 0.2) is 59.2 Å². The number of nitrogens with zero attached hydrogens (tertiary/aromatic N) is 1. The van der Waals surface area contributed by atoms with E-state index in [0.717, 1.165) is 4.90 Å². The van der Waals surface area contributed by atoms with E-state index in [1.165, 1.54) is 13.2 Å². The third-order valence-corrected chi connectivity index (χ3v) is 5.37. The number of hydrogen-bond acceptors (Lipinski definition) is 5. The summed E-state index contributed by atoms with van der Waals surface area (Å²) in [6.45, 7) is -0.0144. The van der Waals surface area contributed by atoms with E-state index in [0.29, 0.717) is 21.2 Å². The normalized spacial score (nSPS) is 12.5. The Labute approximate surface area is 190 Å². The van der Waals surface area contributed by atoms with E-state index in [4.69, 9.17) is 4.74 Å². The lowest BCUT2D eigenvalue weighted by Crippen LogP contribution is -2.42. The number of nitrogens with one attached hydrogen (secondary N) is 3. The Morgan fingerprint density at radius 2 is 1.66 bits per heavy atom. The molecule has 10 heteroatoms. The van der Waals surface area contributed by atoms with E-state index in [1.807, 2.05) is 0 Å². The predicted molar refractivity (Wildman–Crippen MR) is 117 cm³/mol. The van der Waals surface area contributed by atoms with Gasteiger partial charge in [-0.15, -0.1) is 0 Å². The summed E-state index contributed by atoms with van der Waals surface area (Å²) in [6, 6.07) is 12.9. The highest BCUT2D eigenvalue weighted by Crippen LogP contribution is 2.26. The zero-order valence-electron chi connectivity index (χ0n) is 16.8. The molecule has 162 valence electrons. The number of rotatable bonds is 5. The molecule has 1 aliphatic rings. The number of fused-ring (bicyclic) bond motifs is 1. The molecule has 2 heterocycles. The number of hydrazine groups is 1. The van der Waals surface area contributed by atoms with Gasteiger partial charge in [0.25, 0.3) is 23.6 Å². The molecule has 0 radical (unpaired) electrons. The van der Waals surface area contributed by atoms with Gasteiger partial charge < -0.3 is 9.72 Å². The molecule has 1 aliphatic heterocycles.